The molecule has 122 valence electrons. The summed E-state index contributed by atoms with van der Waals surface area (Å²) < 4.78 is 1.67. The van der Waals surface area contributed by atoms with Crippen LogP contribution in [0.15, 0.2) is 59.5 Å². The highest BCUT2D eigenvalue weighted by atomic mass is 16.1. The van der Waals surface area contributed by atoms with Crippen LogP contribution in [-0.2, 0) is 17.9 Å². The molecule has 0 aliphatic carbocycles. The predicted octanol–water partition coefficient (Wildman–Crippen LogP) is 2.41. The molecule has 0 fully saturated rings. The van der Waals surface area contributed by atoms with Gasteiger partial charge in [0.15, 0.2) is 0 Å². The molecule has 0 spiro atoms. The molecule has 3 aromatic rings. The first-order valence-corrected chi connectivity index (χ1v) is 7.91. The van der Waals surface area contributed by atoms with Crippen LogP contribution in [0.25, 0.3) is 10.9 Å². The second kappa shape index (κ2) is 7.08. The molecule has 24 heavy (non-hydrogen) atoms. The minimum atomic E-state index is -0.0989. The number of hydrogen-bond donors (Lipinski definition) is 1. The van der Waals surface area contributed by atoms with E-state index in [0.717, 1.165) is 16.6 Å². The van der Waals surface area contributed by atoms with E-state index in [1.165, 1.54) is 0 Å². The number of amides is 1. The number of nitrogens with one attached hydrogen (secondary N) is 1. The Labute approximate surface area is 140 Å². The van der Waals surface area contributed by atoms with Crippen LogP contribution in [0.4, 0.5) is 0 Å². The summed E-state index contributed by atoms with van der Waals surface area (Å²) in [5, 5.41) is 3.84. The predicted molar refractivity (Wildman–Crippen MR) is 93.6 cm³/mol. The molecule has 2 aromatic heterocycles. The van der Waals surface area contributed by atoms with E-state index in [-0.39, 0.29) is 17.9 Å². The Balaban J connectivity index is 1.70. The normalized spacial score (nSPS) is 10.7. The Kier molecular flexibility index (Phi) is 4.70. The van der Waals surface area contributed by atoms with Crippen molar-refractivity contribution >= 4 is 16.8 Å². The number of hydrogen-bond acceptors (Lipinski definition) is 3. The highest BCUT2D eigenvalue weighted by molar-refractivity contribution is 5.80. The number of nitrogens with zero attached hydrogens (tertiary/aromatic N) is 2. The molecule has 0 aliphatic heterocycles. The Morgan fingerprint density at radius 1 is 1.17 bits per heavy atom. The molecule has 0 atom stereocenters. The maximum atomic E-state index is 12.4. The van der Waals surface area contributed by atoms with Crippen LogP contribution in [-0.4, -0.2) is 15.5 Å². The summed E-state index contributed by atoms with van der Waals surface area (Å²) in [5.74, 6) is -0.0989. The van der Waals surface area contributed by atoms with Gasteiger partial charge in [0.2, 0.25) is 5.91 Å². The summed E-state index contributed by atoms with van der Waals surface area (Å²) in [6.07, 6.45) is 1.94. The largest absolute Gasteiger partial charge is 0.350 e. The summed E-state index contributed by atoms with van der Waals surface area (Å²) in [6, 6.07) is 15.2. The molecule has 0 unspecified atom stereocenters. The Morgan fingerprint density at radius 3 is 2.75 bits per heavy atom. The molecule has 0 aliphatic rings. The quantitative estimate of drug-likeness (QED) is 0.785. The topological polar surface area (TPSA) is 64.0 Å². The van der Waals surface area contributed by atoms with E-state index >= 15 is 0 Å². The average molecular weight is 321 g/mol. The fraction of sp³-hybridized carbons (Fsp3) is 0.211. The van der Waals surface area contributed by atoms with Crippen molar-refractivity contribution in [3.05, 3.63) is 76.3 Å². The lowest BCUT2D eigenvalue weighted by molar-refractivity contribution is -0.121. The standard InChI is InChI=1S/C19H19N3O2/c1-14-12-15-6-2-3-8-17(15)22(19(14)24)11-9-18(23)21-13-16-7-4-5-10-20-16/h2-8,10,12H,9,11,13H2,1H3,(H,21,23). The van der Waals surface area contributed by atoms with Gasteiger partial charge in [0.05, 0.1) is 17.8 Å². The van der Waals surface area contributed by atoms with Crippen molar-refractivity contribution in [2.24, 2.45) is 0 Å². The van der Waals surface area contributed by atoms with Gasteiger partial charge >= 0.3 is 0 Å². The lowest BCUT2D eigenvalue weighted by Gasteiger charge is -2.11. The number of aryl methyl sites for hydroxylation is 2. The summed E-state index contributed by atoms with van der Waals surface area (Å²) in [7, 11) is 0. The number of pyridine rings is 2. The molecule has 0 saturated carbocycles. The lowest BCUT2D eigenvalue weighted by atomic mass is 10.1. The van der Waals surface area contributed by atoms with E-state index in [1.807, 2.05) is 48.5 Å². The maximum Gasteiger partial charge on any atom is 0.253 e. The second-order valence-corrected chi connectivity index (χ2v) is 5.69. The molecule has 1 aromatic carbocycles. The fourth-order valence-corrected chi connectivity index (χ4v) is 2.69. The zero-order valence-electron chi connectivity index (χ0n) is 13.5. The Morgan fingerprint density at radius 2 is 1.96 bits per heavy atom. The van der Waals surface area contributed by atoms with E-state index in [9.17, 15) is 9.59 Å². The molecule has 3 rings (SSSR count). The number of aromatic nitrogens is 2. The molecule has 2 heterocycles. The summed E-state index contributed by atoms with van der Waals surface area (Å²) in [6.45, 7) is 2.55. The van der Waals surface area contributed by atoms with Crippen LogP contribution in [0, 0.1) is 6.92 Å². The van der Waals surface area contributed by atoms with Gasteiger partial charge in [-0.05, 0) is 36.6 Å². The minimum absolute atomic E-state index is 0.0498. The van der Waals surface area contributed by atoms with Crippen molar-refractivity contribution in [2.75, 3.05) is 0 Å². The van der Waals surface area contributed by atoms with E-state index in [0.29, 0.717) is 18.7 Å². The van der Waals surface area contributed by atoms with Crippen LogP contribution in [0.2, 0.25) is 0 Å². The first kappa shape index (κ1) is 15.9. The van der Waals surface area contributed by atoms with Gasteiger partial charge in [-0.1, -0.05) is 24.3 Å². The van der Waals surface area contributed by atoms with E-state index in [1.54, 1.807) is 17.7 Å². The third kappa shape index (κ3) is 3.51. The van der Waals surface area contributed by atoms with Crippen LogP contribution in [0.3, 0.4) is 0 Å². The number of fused-ring (bicyclic) bond motifs is 1. The lowest BCUT2D eigenvalue weighted by Crippen LogP contribution is -2.28. The Hall–Kier alpha value is -2.95. The number of carbonyl (C=O) groups excluding carboxylic acids is 1. The van der Waals surface area contributed by atoms with Gasteiger partial charge < -0.3 is 9.88 Å². The maximum absolute atomic E-state index is 12.4. The van der Waals surface area contributed by atoms with E-state index in [2.05, 4.69) is 10.3 Å². The van der Waals surface area contributed by atoms with Crippen LogP contribution in [0.5, 0.6) is 0 Å². The zero-order chi connectivity index (χ0) is 16.9. The van der Waals surface area contributed by atoms with Gasteiger partial charge in [-0.2, -0.15) is 0 Å². The van der Waals surface area contributed by atoms with Gasteiger partial charge in [-0.3, -0.25) is 14.6 Å². The summed E-state index contributed by atoms with van der Waals surface area (Å²) in [5.41, 5.74) is 2.29. The highest BCUT2D eigenvalue weighted by Gasteiger charge is 2.08. The summed E-state index contributed by atoms with van der Waals surface area (Å²) in [4.78, 5) is 28.6. The first-order chi connectivity index (χ1) is 11.6. The van der Waals surface area contributed by atoms with Gasteiger partial charge in [-0.25, -0.2) is 0 Å². The summed E-state index contributed by atoms with van der Waals surface area (Å²) >= 11 is 0. The van der Waals surface area contributed by atoms with Crippen molar-refractivity contribution in [2.45, 2.75) is 26.4 Å². The van der Waals surface area contributed by atoms with Gasteiger partial charge in [0.25, 0.3) is 5.56 Å². The average Bonchev–Trinajstić information content (AvgIpc) is 2.61. The Bertz CT molecular complexity index is 917. The fourth-order valence-electron chi connectivity index (χ4n) is 2.69. The molecule has 1 amide bonds. The number of rotatable bonds is 5. The SMILES string of the molecule is Cc1cc2ccccc2n(CCC(=O)NCc2ccccn2)c1=O. The molecular formula is C19H19N3O2. The van der Waals surface area contributed by atoms with Crippen molar-refractivity contribution in [3.8, 4) is 0 Å². The van der Waals surface area contributed by atoms with Gasteiger partial charge in [0, 0.05) is 24.7 Å². The van der Waals surface area contributed by atoms with Crippen LogP contribution in [0.1, 0.15) is 17.7 Å². The van der Waals surface area contributed by atoms with Crippen molar-refractivity contribution in [3.63, 3.8) is 0 Å². The highest BCUT2D eigenvalue weighted by Crippen LogP contribution is 2.13. The third-order valence-electron chi connectivity index (χ3n) is 3.94. The number of carbonyl (C=O) groups is 1. The molecule has 0 saturated heterocycles. The van der Waals surface area contributed by atoms with Gasteiger partial charge in [0.1, 0.15) is 0 Å². The minimum Gasteiger partial charge on any atom is -0.350 e. The number of benzene rings is 1. The van der Waals surface area contributed by atoms with Crippen LogP contribution >= 0.6 is 0 Å². The van der Waals surface area contributed by atoms with Crippen molar-refractivity contribution < 1.29 is 4.79 Å². The third-order valence-corrected chi connectivity index (χ3v) is 3.94. The zero-order valence-corrected chi connectivity index (χ0v) is 13.5. The van der Waals surface area contributed by atoms with Crippen LogP contribution < -0.4 is 10.9 Å². The molecule has 0 radical (unpaired) electrons. The molecular weight excluding hydrogens is 302 g/mol. The molecule has 1 N–H and O–H groups in total. The van der Waals surface area contributed by atoms with E-state index < -0.39 is 0 Å². The molecule has 5 nitrogen and oxygen atoms in total. The second-order valence-electron chi connectivity index (χ2n) is 5.69. The van der Waals surface area contributed by atoms with Gasteiger partial charge in [-0.15, -0.1) is 0 Å². The van der Waals surface area contributed by atoms with E-state index in [4.69, 9.17) is 0 Å². The molecule has 5 heteroatoms. The van der Waals surface area contributed by atoms with Crippen molar-refractivity contribution in [1.29, 1.82) is 0 Å². The smallest absolute Gasteiger partial charge is 0.253 e. The monoisotopic (exact) mass is 321 g/mol. The molecule has 0 bridgehead atoms. The van der Waals surface area contributed by atoms with Crippen molar-refractivity contribution in [1.82, 2.24) is 14.9 Å². The first-order valence-electron chi connectivity index (χ1n) is 7.91. The number of para-hydroxylation sites is 1.